The fraction of sp³-hybridized carbons (Fsp3) is 0.0476. The van der Waals surface area contributed by atoms with E-state index in [4.69, 9.17) is 4.42 Å². The summed E-state index contributed by atoms with van der Waals surface area (Å²) < 4.78 is 32.4. The number of nitrogens with one attached hydrogen (secondary N) is 3. The molecule has 9 heteroatoms. The summed E-state index contributed by atoms with van der Waals surface area (Å²) in [4.78, 5) is 12.6. The monoisotopic (exact) mass is 422 g/mol. The van der Waals surface area contributed by atoms with E-state index in [1.165, 1.54) is 30.5 Å². The molecule has 0 fully saturated rings. The molecule has 4 rings (SSSR count). The molecule has 4 aromatic rings. The highest BCUT2D eigenvalue weighted by Gasteiger charge is 2.15. The Kier molecular flexibility index (Phi) is 5.46. The van der Waals surface area contributed by atoms with Crippen LogP contribution < -0.4 is 10.0 Å². The van der Waals surface area contributed by atoms with Crippen LogP contribution in [0, 0.1) is 0 Å². The lowest BCUT2D eigenvalue weighted by atomic mass is 10.1. The minimum atomic E-state index is -3.72. The van der Waals surface area contributed by atoms with Crippen LogP contribution in [0.4, 0.5) is 5.69 Å². The maximum Gasteiger partial charge on any atom is 0.255 e. The average molecular weight is 422 g/mol. The lowest BCUT2D eigenvalue weighted by Crippen LogP contribution is -2.23. The van der Waals surface area contributed by atoms with Gasteiger partial charge in [-0.25, -0.2) is 13.1 Å². The first-order valence-corrected chi connectivity index (χ1v) is 10.5. The van der Waals surface area contributed by atoms with Crippen molar-refractivity contribution in [2.75, 3.05) is 5.32 Å². The van der Waals surface area contributed by atoms with Crippen molar-refractivity contribution < 1.29 is 17.6 Å². The molecule has 0 aliphatic carbocycles. The molecule has 8 nitrogen and oxygen atoms in total. The summed E-state index contributed by atoms with van der Waals surface area (Å²) in [5.41, 5.74) is 2.67. The average Bonchev–Trinajstić information content (AvgIpc) is 3.47. The molecule has 0 unspecified atom stereocenters. The van der Waals surface area contributed by atoms with E-state index in [0.717, 1.165) is 11.3 Å². The van der Waals surface area contributed by atoms with Gasteiger partial charge in [-0.3, -0.25) is 9.89 Å². The van der Waals surface area contributed by atoms with Crippen LogP contribution in [-0.4, -0.2) is 24.5 Å². The molecule has 0 aliphatic rings. The van der Waals surface area contributed by atoms with Crippen LogP contribution in [0.2, 0.25) is 0 Å². The van der Waals surface area contributed by atoms with Crippen LogP contribution in [0.25, 0.3) is 11.3 Å². The Morgan fingerprint density at radius 3 is 2.57 bits per heavy atom. The van der Waals surface area contributed by atoms with Gasteiger partial charge in [0.25, 0.3) is 5.91 Å². The zero-order valence-corrected chi connectivity index (χ0v) is 16.5. The molecular weight excluding hydrogens is 404 g/mol. The first kappa shape index (κ1) is 19.6. The van der Waals surface area contributed by atoms with E-state index in [-0.39, 0.29) is 17.3 Å². The molecule has 0 bridgehead atoms. The second-order valence-corrected chi connectivity index (χ2v) is 8.20. The number of sulfonamides is 1. The number of amides is 1. The van der Waals surface area contributed by atoms with Crippen molar-refractivity contribution in [3.05, 3.63) is 90.5 Å². The summed E-state index contributed by atoms with van der Waals surface area (Å²) in [7, 11) is -3.72. The predicted molar refractivity (Wildman–Crippen MR) is 111 cm³/mol. The van der Waals surface area contributed by atoms with Crippen molar-refractivity contribution >= 4 is 21.6 Å². The standard InChI is InChI=1S/C21H18N4O4S/c26-21(24-17-4-1-3-16(13-17)20-10-11-22-25-20)15-6-8-19(9-7-15)30(27,28)23-14-18-5-2-12-29-18/h1-13,23H,14H2,(H,22,25)(H,24,26). The Labute approximate surface area is 173 Å². The van der Waals surface area contributed by atoms with Gasteiger partial charge in [0.05, 0.1) is 23.4 Å². The van der Waals surface area contributed by atoms with Crippen molar-refractivity contribution in [2.45, 2.75) is 11.4 Å². The molecule has 0 spiro atoms. The molecular formula is C21H18N4O4S. The van der Waals surface area contributed by atoms with Crippen LogP contribution >= 0.6 is 0 Å². The summed E-state index contributed by atoms with van der Waals surface area (Å²) in [6.07, 6.45) is 3.13. The van der Waals surface area contributed by atoms with Gasteiger partial charge < -0.3 is 9.73 Å². The molecule has 2 aromatic carbocycles. The van der Waals surface area contributed by atoms with Crippen molar-refractivity contribution in [3.8, 4) is 11.3 Å². The van der Waals surface area contributed by atoms with Crippen LogP contribution in [0.3, 0.4) is 0 Å². The number of hydrogen-bond donors (Lipinski definition) is 3. The fourth-order valence-corrected chi connectivity index (χ4v) is 3.83. The Bertz CT molecular complexity index is 1230. The number of carbonyl (C=O) groups excluding carboxylic acids is 1. The summed E-state index contributed by atoms with van der Waals surface area (Å²) >= 11 is 0. The van der Waals surface area contributed by atoms with Gasteiger partial charge in [0, 0.05) is 23.0 Å². The number of hydrogen-bond acceptors (Lipinski definition) is 5. The summed E-state index contributed by atoms with van der Waals surface area (Å²) in [6.45, 7) is 0.0459. The van der Waals surface area contributed by atoms with Gasteiger partial charge in [-0.05, 0) is 54.6 Å². The zero-order valence-electron chi connectivity index (χ0n) is 15.7. The van der Waals surface area contributed by atoms with Crippen molar-refractivity contribution in [2.24, 2.45) is 0 Å². The number of benzene rings is 2. The number of aromatic amines is 1. The van der Waals surface area contributed by atoms with Crippen LogP contribution in [0.5, 0.6) is 0 Å². The number of anilines is 1. The van der Waals surface area contributed by atoms with E-state index in [9.17, 15) is 13.2 Å². The third-order valence-corrected chi connectivity index (χ3v) is 5.79. The van der Waals surface area contributed by atoms with Crippen LogP contribution in [0.15, 0.2) is 88.5 Å². The van der Waals surface area contributed by atoms with Gasteiger partial charge in [0.1, 0.15) is 5.76 Å². The highest BCUT2D eigenvalue weighted by atomic mass is 32.2. The molecule has 0 saturated heterocycles. The zero-order chi connectivity index (χ0) is 21.0. The SMILES string of the molecule is O=C(Nc1cccc(-c2ccn[nH]2)c1)c1ccc(S(=O)(=O)NCc2ccco2)cc1. The van der Waals surface area contributed by atoms with Crippen LogP contribution in [-0.2, 0) is 16.6 Å². The van der Waals surface area contributed by atoms with Crippen LogP contribution in [0.1, 0.15) is 16.1 Å². The number of carbonyl (C=O) groups is 1. The van der Waals surface area contributed by atoms with Gasteiger partial charge in [0.2, 0.25) is 10.0 Å². The van der Waals surface area contributed by atoms with E-state index in [0.29, 0.717) is 17.0 Å². The lowest BCUT2D eigenvalue weighted by molar-refractivity contribution is 0.102. The molecule has 30 heavy (non-hydrogen) atoms. The molecule has 152 valence electrons. The van der Waals surface area contributed by atoms with E-state index < -0.39 is 10.0 Å². The fourth-order valence-electron chi connectivity index (χ4n) is 2.83. The molecule has 2 aromatic heterocycles. The van der Waals surface area contributed by atoms with E-state index in [2.05, 4.69) is 20.2 Å². The molecule has 0 radical (unpaired) electrons. The minimum Gasteiger partial charge on any atom is -0.468 e. The summed E-state index contributed by atoms with van der Waals surface area (Å²) in [5, 5.41) is 9.61. The van der Waals surface area contributed by atoms with Gasteiger partial charge >= 0.3 is 0 Å². The molecule has 1 amide bonds. The Hall–Kier alpha value is -3.69. The van der Waals surface area contributed by atoms with E-state index in [1.54, 1.807) is 24.4 Å². The van der Waals surface area contributed by atoms with E-state index in [1.807, 2.05) is 24.3 Å². The third kappa shape index (κ3) is 4.48. The second-order valence-electron chi connectivity index (χ2n) is 6.43. The molecule has 0 aliphatic heterocycles. The Balaban J connectivity index is 1.43. The topological polar surface area (TPSA) is 117 Å². The van der Waals surface area contributed by atoms with Gasteiger partial charge in [-0.15, -0.1) is 0 Å². The maximum absolute atomic E-state index is 12.5. The van der Waals surface area contributed by atoms with Crippen molar-refractivity contribution in [3.63, 3.8) is 0 Å². The molecule has 0 atom stereocenters. The Morgan fingerprint density at radius 2 is 1.87 bits per heavy atom. The number of rotatable bonds is 7. The Morgan fingerprint density at radius 1 is 1.03 bits per heavy atom. The number of H-pyrrole nitrogens is 1. The van der Waals surface area contributed by atoms with E-state index >= 15 is 0 Å². The smallest absolute Gasteiger partial charge is 0.255 e. The number of furan rings is 1. The predicted octanol–water partition coefficient (Wildman–Crippen LogP) is 3.40. The van der Waals surface area contributed by atoms with Gasteiger partial charge in [0.15, 0.2) is 0 Å². The largest absolute Gasteiger partial charge is 0.468 e. The first-order chi connectivity index (χ1) is 14.5. The normalized spacial score (nSPS) is 11.3. The number of nitrogens with zero attached hydrogens (tertiary/aromatic N) is 1. The van der Waals surface area contributed by atoms with Crippen molar-refractivity contribution in [1.29, 1.82) is 0 Å². The highest BCUT2D eigenvalue weighted by Crippen LogP contribution is 2.21. The summed E-state index contributed by atoms with van der Waals surface area (Å²) in [6, 6.07) is 18.2. The highest BCUT2D eigenvalue weighted by molar-refractivity contribution is 7.89. The second kappa shape index (κ2) is 8.36. The lowest BCUT2D eigenvalue weighted by Gasteiger charge is -2.09. The number of aromatic nitrogens is 2. The molecule has 2 heterocycles. The first-order valence-electron chi connectivity index (χ1n) is 9.04. The summed E-state index contributed by atoms with van der Waals surface area (Å²) in [5.74, 6) is 0.163. The quantitative estimate of drug-likeness (QED) is 0.422. The maximum atomic E-state index is 12.5. The molecule has 0 saturated carbocycles. The van der Waals surface area contributed by atoms with Gasteiger partial charge in [-0.2, -0.15) is 5.10 Å². The molecule has 3 N–H and O–H groups in total. The van der Waals surface area contributed by atoms with Gasteiger partial charge in [-0.1, -0.05) is 12.1 Å². The third-order valence-electron chi connectivity index (χ3n) is 4.38. The van der Waals surface area contributed by atoms with Crippen molar-refractivity contribution in [1.82, 2.24) is 14.9 Å². The minimum absolute atomic E-state index is 0.0459.